The first-order valence-corrected chi connectivity index (χ1v) is 7.83. The highest BCUT2D eigenvalue weighted by Crippen LogP contribution is 2.36. The molecule has 1 saturated heterocycles. The van der Waals surface area contributed by atoms with Gasteiger partial charge in [-0.15, -0.1) is 0 Å². The summed E-state index contributed by atoms with van der Waals surface area (Å²) in [4.78, 5) is 11.1. The van der Waals surface area contributed by atoms with E-state index in [9.17, 15) is 13.2 Å². The summed E-state index contributed by atoms with van der Waals surface area (Å²) in [5.41, 5.74) is 5.91. The minimum Gasteiger partial charge on any atom is -0.468 e. The van der Waals surface area contributed by atoms with Gasteiger partial charge in [-0.05, 0) is 31.1 Å². The molecular weight excluding hydrogens is 256 g/mol. The Morgan fingerprint density at radius 2 is 2.00 bits per heavy atom. The van der Waals surface area contributed by atoms with E-state index in [0.29, 0.717) is 24.9 Å². The van der Waals surface area contributed by atoms with Crippen molar-refractivity contribution >= 4 is 16.0 Å². The van der Waals surface area contributed by atoms with Gasteiger partial charge in [-0.2, -0.15) is 0 Å². The van der Waals surface area contributed by atoms with Gasteiger partial charge >= 0.3 is 5.97 Å². The van der Waals surface area contributed by atoms with E-state index in [-0.39, 0.29) is 6.04 Å². The summed E-state index contributed by atoms with van der Waals surface area (Å²) in [6.45, 7) is 1.02. The Hall–Kier alpha value is -0.660. The van der Waals surface area contributed by atoms with Crippen LogP contribution in [0, 0.1) is 11.8 Å². The second kappa shape index (κ2) is 5.14. The minimum absolute atomic E-state index is 0.189. The molecule has 2 fully saturated rings. The van der Waals surface area contributed by atoms with Crippen molar-refractivity contribution in [1.82, 2.24) is 4.31 Å². The average molecular weight is 276 g/mol. The first-order chi connectivity index (χ1) is 8.42. The Kier molecular flexibility index (Phi) is 3.93. The van der Waals surface area contributed by atoms with Crippen LogP contribution in [0.15, 0.2) is 0 Å². The number of methoxy groups -OCH3 is 1. The molecule has 1 saturated carbocycles. The number of sulfonamides is 1. The summed E-state index contributed by atoms with van der Waals surface area (Å²) in [5.74, 6) is -0.519. The van der Waals surface area contributed by atoms with Gasteiger partial charge in [0.15, 0.2) is 5.75 Å². The van der Waals surface area contributed by atoms with Gasteiger partial charge in [-0.25, -0.2) is 12.7 Å². The molecule has 1 heterocycles. The van der Waals surface area contributed by atoms with Gasteiger partial charge in [0.05, 0.1) is 7.11 Å². The molecule has 2 rings (SSSR count). The highest BCUT2D eigenvalue weighted by molar-refractivity contribution is 7.89. The van der Waals surface area contributed by atoms with E-state index in [4.69, 9.17) is 5.73 Å². The molecule has 0 spiro atoms. The summed E-state index contributed by atoms with van der Waals surface area (Å²) in [6.07, 6.45) is 2.83. The largest absolute Gasteiger partial charge is 0.468 e. The summed E-state index contributed by atoms with van der Waals surface area (Å²) in [6, 6.07) is 0.189. The molecule has 18 heavy (non-hydrogen) atoms. The van der Waals surface area contributed by atoms with E-state index in [1.807, 2.05) is 0 Å². The first-order valence-electron chi connectivity index (χ1n) is 6.22. The highest BCUT2D eigenvalue weighted by Gasteiger charge is 2.41. The standard InChI is InChI=1S/C11H20N2O4S/c1-17-11(14)7-18(15,16)13-5-8-2-3-10(12)4-9(8)6-13/h8-10H,2-7,12H2,1H3/t8-,9+,10?/m1/s1. The molecule has 0 radical (unpaired) electrons. The molecule has 2 aliphatic rings. The Morgan fingerprint density at radius 3 is 2.67 bits per heavy atom. The van der Waals surface area contributed by atoms with Crippen LogP contribution in [0.3, 0.4) is 0 Å². The number of rotatable bonds is 3. The van der Waals surface area contributed by atoms with Crippen molar-refractivity contribution in [2.24, 2.45) is 17.6 Å². The van der Waals surface area contributed by atoms with Crippen molar-refractivity contribution in [3.05, 3.63) is 0 Å². The van der Waals surface area contributed by atoms with Crippen LogP contribution < -0.4 is 5.73 Å². The monoisotopic (exact) mass is 276 g/mol. The molecule has 0 aromatic carbocycles. The van der Waals surface area contributed by atoms with Crippen molar-refractivity contribution in [2.45, 2.75) is 25.3 Å². The Bertz CT molecular complexity index is 423. The van der Waals surface area contributed by atoms with Crippen LogP contribution in [0.4, 0.5) is 0 Å². The molecule has 0 bridgehead atoms. The zero-order valence-corrected chi connectivity index (χ0v) is 11.4. The van der Waals surface area contributed by atoms with Gasteiger partial charge in [-0.3, -0.25) is 4.79 Å². The lowest BCUT2D eigenvalue weighted by Crippen LogP contribution is -2.34. The van der Waals surface area contributed by atoms with Gasteiger partial charge in [0.25, 0.3) is 0 Å². The fourth-order valence-electron chi connectivity index (χ4n) is 2.95. The van der Waals surface area contributed by atoms with Gasteiger partial charge in [0.2, 0.25) is 10.0 Å². The van der Waals surface area contributed by atoms with Crippen LogP contribution in [0.25, 0.3) is 0 Å². The molecule has 1 unspecified atom stereocenters. The van der Waals surface area contributed by atoms with E-state index < -0.39 is 21.7 Å². The highest BCUT2D eigenvalue weighted by atomic mass is 32.2. The SMILES string of the molecule is COC(=O)CS(=O)(=O)N1C[C@H]2CCC(N)C[C@H]2C1. The van der Waals surface area contributed by atoms with Gasteiger partial charge < -0.3 is 10.5 Å². The zero-order chi connectivity index (χ0) is 13.3. The quantitative estimate of drug-likeness (QED) is 0.705. The molecule has 7 heteroatoms. The number of hydrogen-bond donors (Lipinski definition) is 1. The lowest BCUT2D eigenvalue weighted by Gasteiger charge is -2.28. The van der Waals surface area contributed by atoms with Crippen molar-refractivity contribution in [1.29, 1.82) is 0 Å². The lowest BCUT2D eigenvalue weighted by atomic mass is 9.79. The number of nitrogens with two attached hydrogens (primary N) is 1. The van der Waals surface area contributed by atoms with Gasteiger partial charge in [-0.1, -0.05) is 0 Å². The summed E-state index contributed by atoms with van der Waals surface area (Å²) < 4.78 is 29.9. The molecule has 0 aromatic heterocycles. The average Bonchev–Trinajstić information content (AvgIpc) is 2.71. The molecule has 0 amide bonds. The number of fused-ring (bicyclic) bond motifs is 1. The molecule has 1 aliphatic heterocycles. The molecule has 1 aliphatic carbocycles. The van der Waals surface area contributed by atoms with E-state index >= 15 is 0 Å². The summed E-state index contributed by atoms with van der Waals surface area (Å²) in [5, 5.41) is 0. The van der Waals surface area contributed by atoms with Crippen molar-refractivity contribution in [3.8, 4) is 0 Å². The fraction of sp³-hybridized carbons (Fsp3) is 0.909. The number of hydrogen-bond acceptors (Lipinski definition) is 5. The number of carbonyl (C=O) groups excluding carboxylic acids is 1. The topological polar surface area (TPSA) is 89.7 Å². The number of carbonyl (C=O) groups is 1. The molecule has 2 N–H and O–H groups in total. The van der Waals surface area contributed by atoms with Crippen LogP contribution >= 0.6 is 0 Å². The second-order valence-electron chi connectivity index (χ2n) is 5.24. The predicted octanol–water partition coefficient (Wildman–Crippen LogP) is -0.452. The van der Waals surface area contributed by atoms with Crippen molar-refractivity contribution in [3.63, 3.8) is 0 Å². The number of ether oxygens (including phenoxy) is 1. The third kappa shape index (κ3) is 2.84. The van der Waals surface area contributed by atoms with E-state index in [2.05, 4.69) is 4.74 Å². The fourth-order valence-corrected chi connectivity index (χ4v) is 4.39. The first kappa shape index (κ1) is 13.8. The molecule has 0 aromatic rings. The molecule has 104 valence electrons. The minimum atomic E-state index is -3.53. The van der Waals surface area contributed by atoms with Crippen molar-refractivity contribution in [2.75, 3.05) is 26.0 Å². The van der Waals surface area contributed by atoms with Crippen LogP contribution in [-0.2, 0) is 19.6 Å². The Balaban J connectivity index is 2.01. The van der Waals surface area contributed by atoms with Gasteiger partial charge in [0.1, 0.15) is 0 Å². The smallest absolute Gasteiger partial charge is 0.322 e. The second-order valence-corrected chi connectivity index (χ2v) is 7.21. The summed E-state index contributed by atoms with van der Waals surface area (Å²) >= 11 is 0. The van der Waals surface area contributed by atoms with Crippen LogP contribution in [0.1, 0.15) is 19.3 Å². The van der Waals surface area contributed by atoms with Crippen LogP contribution in [-0.4, -0.2) is 50.7 Å². The third-order valence-electron chi connectivity index (χ3n) is 3.98. The Morgan fingerprint density at radius 1 is 1.33 bits per heavy atom. The number of esters is 1. The normalized spacial score (nSPS) is 33.1. The summed E-state index contributed by atoms with van der Waals surface area (Å²) in [7, 11) is -2.33. The van der Waals surface area contributed by atoms with Crippen molar-refractivity contribution < 1.29 is 17.9 Å². The third-order valence-corrected chi connectivity index (χ3v) is 5.66. The number of nitrogens with zero attached hydrogens (tertiary/aromatic N) is 1. The molecule has 3 atom stereocenters. The Labute approximate surface area is 108 Å². The molecule has 6 nitrogen and oxygen atoms in total. The maximum Gasteiger partial charge on any atom is 0.322 e. The maximum absolute atomic E-state index is 12.0. The zero-order valence-electron chi connectivity index (χ0n) is 10.5. The van der Waals surface area contributed by atoms with E-state index in [0.717, 1.165) is 19.3 Å². The lowest BCUT2D eigenvalue weighted by molar-refractivity contribution is -0.137. The van der Waals surface area contributed by atoms with Crippen LogP contribution in [0.5, 0.6) is 0 Å². The van der Waals surface area contributed by atoms with Crippen LogP contribution in [0.2, 0.25) is 0 Å². The maximum atomic E-state index is 12.0. The van der Waals surface area contributed by atoms with E-state index in [1.54, 1.807) is 0 Å². The van der Waals surface area contributed by atoms with Gasteiger partial charge in [0, 0.05) is 19.1 Å². The van der Waals surface area contributed by atoms with E-state index in [1.165, 1.54) is 11.4 Å². The predicted molar refractivity (Wildman–Crippen MR) is 66.2 cm³/mol. The molecular formula is C11H20N2O4S.